The van der Waals surface area contributed by atoms with Crippen molar-refractivity contribution in [2.45, 2.75) is 18.6 Å². The summed E-state index contributed by atoms with van der Waals surface area (Å²) in [4.78, 5) is 13.4. The van der Waals surface area contributed by atoms with Crippen LogP contribution in [0.25, 0.3) is 0 Å². The van der Waals surface area contributed by atoms with Crippen LogP contribution in [0.3, 0.4) is 0 Å². The van der Waals surface area contributed by atoms with Gasteiger partial charge in [-0.15, -0.1) is 0 Å². The minimum absolute atomic E-state index is 0.0441. The summed E-state index contributed by atoms with van der Waals surface area (Å²) in [6, 6.07) is 1.04. The van der Waals surface area contributed by atoms with E-state index in [2.05, 4.69) is 4.98 Å². The van der Waals surface area contributed by atoms with Crippen molar-refractivity contribution in [2.75, 3.05) is 6.61 Å². The molecule has 0 aliphatic heterocycles. The molecule has 1 heterocycles. The van der Waals surface area contributed by atoms with Crippen molar-refractivity contribution in [3.8, 4) is 0 Å². The maximum absolute atomic E-state index is 10.6. The Morgan fingerprint density at radius 3 is 2.71 bits per heavy atom. The molecule has 2 atom stereocenters. The van der Waals surface area contributed by atoms with Crippen LogP contribution < -0.4 is 0 Å². The van der Waals surface area contributed by atoms with Crippen LogP contribution >= 0.6 is 11.6 Å². The molecular weight excluding hydrogens is 252 g/mol. The van der Waals surface area contributed by atoms with E-state index in [1.165, 1.54) is 0 Å². The second-order valence-corrected chi connectivity index (χ2v) is 3.72. The minimum atomic E-state index is -1.36. The Labute approximate surface area is 101 Å². The average Bonchev–Trinajstić information content (AvgIpc) is 2.28. The van der Waals surface area contributed by atoms with Crippen LogP contribution in [0.4, 0.5) is 5.69 Å². The third kappa shape index (κ3) is 3.34. The largest absolute Gasteiger partial charge is 0.396 e. The van der Waals surface area contributed by atoms with Crippen LogP contribution in [-0.4, -0.2) is 37.9 Å². The van der Waals surface area contributed by atoms with Crippen molar-refractivity contribution in [1.82, 2.24) is 4.98 Å². The zero-order valence-corrected chi connectivity index (χ0v) is 9.41. The van der Waals surface area contributed by atoms with Gasteiger partial charge in [0.25, 0.3) is 0 Å². The predicted octanol–water partition coefficient (Wildman–Crippen LogP) is 0.420. The summed E-state index contributed by atoms with van der Waals surface area (Å²) in [5.41, 5.74) is -0.374. The van der Waals surface area contributed by atoms with E-state index in [1.54, 1.807) is 0 Å². The standard InChI is InChI=1S/C9H11ClN2O5/c10-9-6(12(16)17)3-5(4-11-9)8(15)7(14)1-2-13/h3-4,7-8,13-15H,1-2H2. The molecular formula is C9H11ClN2O5. The fourth-order valence-electron chi connectivity index (χ4n) is 1.25. The molecule has 17 heavy (non-hydrogen) atoms. The lowest BCUT2D eigenvalue weighted by Crippen LogP contribution is -2.19. The number of pyridine rings is 1. The van der Waals surface area contributed by atoms with Gasteiger partial charge in [-0.2, -0.15) is 0 Å². The van der Waals surface area contributed by atoms with Gasteiger partial charge in [0.05, 0.1) is 11.0 Å². The molecule has 94 valence electrons. The lowest BCUT2D eigenvalue weighted by molar-refractivity contribution is -0.385. The SMILES string of the molecule is O=[N+]([O-])c1cc(C(O)C(O)CCO)cnc1Cl. The lowest BCUT2D eigenvalue weighted by Gasteiger charge is -2.16. The highest BCUT2D eigenvalue weighted by Gasteiger charge is 2.22. The number of rotatable bonds is 5. The van der Waals surface area contributed by atoms with Gasteiger partial charge in [0.2, 0.25) is 5.15 Å². The van der Waals surface area contributed by atoms with Crippen molar-refractivity contribution < 1.29 is 20.2 Å². The number of aliphatic hydroxyl groups excluding tert-OH is 3. The Morgan fingerprint density at radius 1 is 1.53 bits per heavy atom. The Kier molecular flexibility index (Phi) is 4.76. The van der Waals surface area contributed by atoms with Crippen molar-refractivity contribution in [2.24, 2.45) is 0 Å². The van der Waals surface area contributed by atoms with E-state index in [1.807, 2.05) is 0 Å². The first-order valence-electron chi connectivity index (χ1n) is 4.74. The molecule has 1 aromatic rings. The van der Waals surface area contributed by atoms with Crippen molar-refractivity contribution in [3.63, 3.8) is 0 Å². The summed E-state index contributed by atoms with van der Waals surface area (Å²) >= 11 is 5.50. The Hall–Kier alpha value is -1.28. The third-order valence-corrected chi connectivity index (χ3v) is 2.46. The van der Waals surface area contributed by atoms with Gasteiger partial charge >= 0.3 is 5.69 Å². The van der Waals surface area contributed by atoms with Crippen molar-refractivity contribution >= 4 is 17.3 Å². The van der Waals surface area contributed by atoms with Gasteiger partial charge in [-0.25, -0.2) is 4.98 Å². The summed E-state index contributed by atoms with van der Waals surface area (Å²) in [6.07, 6.45) is -1.48. The molecule has 0 aliphatic rings. The van der Waals surface area contributed by atoms with Crippen LogP contribution in [0, 0.1) is 10.1 Å². The van der Waals surface area contributed by atoms with E-state index < -0.39 is 22.8 Å². The number of aliphatic hydroxyl groups is 3. The molecule has 7 nitrogen and oxygen atoms in total. The van der Waals surface area contributed by atoms with Crippen molar-refractivity contribution in [3.05, 3.63) is 33.1 Å². The highest BCUT2D eigenvalue weighted by molar-refractivity contribution is 6.31. The Bertz CT molecular complexity index is 414. The fourth-order valence-corrected chi connectivity index (χ4v) is 1.43. The normalized spacial score (nSPS) is 14.4. The number of hydrogen-bond donors (Lipinski definition) is 3. The van der Waals surface area contributed by atoms with E-state index in [0.29, 0.717) is 0 Å². The Balaban J connectivity index is 2.99. The monoisotopic (exact) mass is 262 g/mol. The Morgan fingerprint density at radius 2 is 2.18 bits per heavy atom. The number of hydrogen-bond acceptors (Lipinski definition) is 6. The average molecular weight is 263 g/mol. The molecule has 0 aliphatic carbocycles. The number of aromatic nitrogens is 1. The summed E-state index contributed by atoms with van der Waals surface area (Å²) in [6.45, 7) is -0.304. The highest BCUT2D eigenvalue weighted by Crippen LogP contribution is 2.27. The maximum Gasteiger partial charge on any atom is 0.306 e. The second-order valence-electron chi connectivity index (χ2n) is 3.36. The van der Waals surface area contributed by atoms with Gasteiger partial charge in [0.1, 0.15) is 6.10 Å². The number of halogens is 1. The summed E-state index contributed by atoms with van der Waals surface area (Å²) in [5, 5.41) is 38.0. The van der Waals surface area contributed by atoms with Gasteiger partial charge in [0.15, 0.2) is 0 Å². The van der Waals surface area contributed by atoms with Crippen LogP contribution in [0.2, 0.25) is 5.15 Å². The number of nitrogens with zero attached hydrogens (tertiary/aromatic N) is 2. The van der Waals surface area contributed by atoms with E-state index in [-0.39, 0.29) is 23.7 Å². The van der Waals surface area contributed by atoms with Gasteiger partial charge in [0, 0.05) is 24.4 Å². The van der Waals surface area contributed by atoms with Crippen LogP contribution in [0.15, 0.2) is 12.3 Å². The van der Waals surface area contributed by atoms with Crippen LogP contribution in [-0.2, 0) is 0 Å². The molecule has 0 fully saturated rings. The first-order valence-corrected chi connectivity index (χ1v) is 5.12. The molecule has 0 radical (unpaired) electrons. The van der Waals surface area contributed by atoms with Crippen LogP contribution in [0.1, 0.15) is 18.1 Å². The third-order valence-electron chi connectivity index (χ3n) is 2.17. The van der Waals surface area contributed by atoms with Gasteiger partial charge in [-0.3, -0.25) is 10.1 Å². The first kappa shape index (κ1) is 13.8. The van der Waals surface area contributed by atoms with Gasteiger partial charge < -0.3 is 15.3 Å². The molecule has 8 heteroatoms. The molecule has 2 unspecified atom stereocenters. The zero-order valence-electron chi connectivity index (χ0n) is 8.65. The number of nitro groups is 1. The molecule has 0 saturated heterocycles. The first-order chi connectivity index (χ1) is 7.97. The van der Waals surface area contributed by atoms with E-state index in [9.17, 15) is 20.3 Å². The molecule has 3 N–H and O–H groups in total. The van der Waals surface area contributed by atoms with Gasteiger partial charge in [-0.05, 0) is 6.42 Å². The smallest absolute Gasteiger partial charge is 0.306 e. The second kappa shape index (κ2) is 5.87. The predicted molar refractivity (Wildman–Crippen MR) is 58.6 cm³/mol. The maximum atomic E-state index is 10.6. The van der Waals surface area contributed by atoms with E-state index in [0.717, 1.165) is 12.3 Å². The molecule has 0 bridgehead atoms. The molecule has 0 spiro atoms. The zero-order chi connectivity index (χ0) is 13.0. The molecule has 0 aromatic carbocycles. The van der Waals surface area contributed by atoms with Crippen molar-refractivity contribution in [1.29, 1.82) is 0 Å². The molecule has 1 rings (SSSR count). The van der Waals surface area contributed by atoms with Crippen LogP contribution in [0.5, 0.6) is 0 Å². The topological polar surface area (TPSA) is 117 Å². The quantitative estimate of drug-likeness (QED) is 0.402. The van der Waals surface area contributed by atoms with Gasteiger partial charge in [-0.1, -0.05) is 11.6 Å². The molecule has 0 saturated carbocycles. The summed E-state index contributed by atoms with van der Waals surface area (Å²) in [5.74, 6) is 0. The van der Waals surface area contributed by atoms with E-state index >= 15 is 0 Å². The lowest BCUT2D eigenvalue weighted by atomic mass is 10.0. The fraction of sp³-hybridized carbons (Fsp3) is 0.444. The highest BCUT2D eigenvalue weighted by atomic mass is 35.5. The summed E-state index contributed by atoms with van der Waals surface area (Å²) in [7, 11) is 0. The molecule has 0 amide bonds. The molecule has 1 aromatic heterocycles. The summed E-state index contributed by atoms with van der Waals surface area (Å²) < 4.78 is 0. The minimum Gasteiger partial charge on any atom is -0.396 e. The van der Waals surface area contributed by atoms with E-state index in [4.69, 9.17) is 16.7 Å².